The maximum atomic E-state index is 10.6. The molecule has 56 valence electrons. The molecule has 0 amide bonds. The van der Waals surface area contributed by atoms with Crippen LogP contribution < -0.4 is 5.14 Å². The smallest absolute Gasteiger partial charge is 0.239 e. The molecule has 1 aromatic rings. The highest BCUT2D eigenvalue weighted by atomic mass is 32.2. The molecule has 0 aliphatic carbocycles. The number of aromatic nitrogens is 1. The largest absolute Gasteiger partial charge is 0.356 e. The molecule has 1 aromatic heterocycles. The highest BCUT2D eigenvalue weighted by Gasteiger charge is 2.06. The summed E-state index contributed by atoms with van der Waals surface area (Å²) in [7, 11) is -1.77. The van der Waals surface area contributed by atoms with Crippen molar-refractivity contribution < 1.29 is 8.42 Å². The zero-order valence-electron chi connectivity index (χ0n) is 5.48. The molecule has 0 atom stereocenters. The van der Waals surface area contributed by atoms with E-state index in [0.717, 1.165) is 0 Å². The molecule has 0 fully saturated rings. The van der Waals surface area contributed by atoms with E-state index in [1.54, 1.807) is 17.8 Å². The van der Waals surface area contributed by atoms with Gasteiger partial charge < -0.3 is 4.57 Å². The first-order valence-electron chi connectivity index (χ1n) is 2.65. The summed E-state index contributed by atoms with van der Waals surface area (Å²) in [6.07, 6.45) is 3.08. The van der Waals surface area contributed by atoms with Crippen LogP contribution in [-0.2, 0) is 17.1 Å². The monoisotopic (exact) mass is 160 g/mol. The average molecular weight is 160 g/mol. The third kappa shape index (κ3) is 1.37. The highest BCUT2D eigenvalue weighted by molar-refractivity contribution is 7.89. The van der Waals surface area contributed by atoms with Crippen molar-refractivity contribution in [3.8, 4) is 0 Å². The minimum atomic E-state index is -3.50. The van der Waals surface area contributed by atoms with Crippen LogP contribution in [0, 0.1) is 0 Å². The Bertz CT molecular complexity index is 325. The average Bonchev–Trinajstić information content (AvgIpc) is 2.11. The van der Waals surface area contributed by atoms with Gasteiger partial charge in [-0.1, -0.05) is 0 Å². The minimum Gasteiger partial charge on any atom is -0.356 e. The molecule has 10 heavy (non-hydrogen) atoms. The van der Waals surface area contributed by atoms with Crippen LogP contribution in [0.3, 0.4) is 0 Å². The van der Waals surface area contributed by atoms with E-state index in [9.17, 15) is 8.42 Å². The van der Waals surface area contributed by atoms with Crippen LogP contribution in [0.15, 0.2) is 23.4 Å². The van der Waals surface area contributed by atoms with Crippen LogP contribution in [-0.4, -0.2) is 13.0 Å². The van der Waals surface area contributed by atoms with Crippen molar-refractivity contribution in [1.82, 2.24) is 4.57 Å². The molecule has 2 N–H and O–H groups in total. The Morgan fingerprint density at radius 3 is 2.40 bits per heavy atom. The van der Waals surface area contributed by atoms with Gasteiger partial charge in [-0.05, 0) is 6.07 Å². The predicted octanol–water partition coefficient (Wildman–Crippen LogP) is -0.327. The number of rotatable bonds is 1. The number of hydrogen-bond acceptors (Lipinski definition) is 2. The lowest BCUT2D eigenvalue weighted by Gasteiger charge is -1.88. The topological polar surface area (TPSA) is 65.1 Å². The van der Waals surface area contributed by atoms with Crippen LogP contribution in [0.1, 0.15) is 0 Å². The van der Waals surface area contributed by atoms with Crippen LogP contribution in [0.4, 0.5) is 0 Å². The van der Waals surface area contributed by atoms with Gasteiger partial charge in [0.05, 0.1) is 4.90 Å². The first-order valence-corrected chi connectivity index (χ1v) is 4.19. The van der Waals surface area contributed by atoms with Gasteiger partial charge in [0.15, 0.2) is 0 Å². The van der Waals surface area contributed by atoms with Crippen molar-refractivity contribution in [3.63, 3.8) is 0 Å². The van der Waals surface area contributed by atoms with Crippen LogP contribution in [0.2, 0.25) is 0 Å². The molecule has 0 spiro atoms. The molecule has 0 unspecified atom stereocenters. The molecular weight excluding hydrogens is 152 g/mol. The first-order chi connectivity index (χ1) is 4.50. The summed E-state index contributed by atoms with van der Waals surface area (Å²) in [6, 6.07) is 1.45. The molecular formula is C5H8N2O2S. The van der Waals surface area contributed by atoms with E-state index in [-0.39, 0.29) is 4.90 Å². The number of sulfonamides is 1. The lowest BCUT2D eigenvalue weighted by Crippen LogP contribution is -2.10. The Balaban J connectivity index is 3.21. The summed E-state index contributed by atoms with van der Waals surface area (Å²) in [5.74, 6) is 0. The first kappa shape index (κ1) is 7.30. The maximum absolute atomic E-state index is 10.6. The molecule has 0 saturated heterocycles. The summed E-state index contributed by atoms with van der Waals surface area (Å²) < 4.78 is 22.8. The van der Waals surface area contributed by atoms with E-state index in [4.69, 9.17) is 5.14 Å². The zero-order chi connectivity index (χ0) is 7.78. The number of hydrogen-bond donors (Lipinski definition) is 1. The fourth-order valence-electron chi connectivity index (χ4n) is 0.646. The Kier molecular flexibility index (Phi) is 1.53. The van der Waals surface area contributed by atoms with Gasteiger partial charge in [0, 0.05) is 19.4 Å². The van der Waals surface area contributed by atoms with Crippen LogP contribution >= 0.6 is 0 Å². The second-order valence-electron chi connectivity index (χ2n) is 2.06. The molecule has 0 bridgehead atoms. The van der Waals surface area contributed by atoms with Gasteiger partial charge in [0.25, 0.3) is 0 Å². The lowest BCUT2D eigenvalue weighted by atomic mass is 10.7. The molecule has 0 aliphatic heterocycles. The van der Waals surface area contributed by atoms with Gasteiger partial charge in [0.2, 0.25) is 10.0 Å². The summed E-state index contributed by atoms with van der Waals surface area (Å²) in [5.41, 5.74) is 0. The number of nitrogens with zero attached hydrogens (tertiary/aromatic N) is 1. The van der Waals surface area contributed by atoms with Gasteiger partial charge in [0.1, 0.15) is 0 Å². The second kappa shape index (κ2) is 2.10. The van der Waals surface area contributed by atoms with Crippen LogP contribution in [0.25, 0.3) is 0 Å². The van der Waals surface area contributed by atoms with E-state index in [1.807, 2.05) is 0 Å². The Labute approximate surface area is 59.3 Å². The lowest BCUT2D eigenvalue weighted by molar-refractivity contribution is 0.597. The highest BCUT2D eigenvalue weighted by Crippen LogP contribution is 2.04. The van der Waals surface area contributed by atoms with Gasteiger partial charge in [-0.15, -0.1) is 0 Å². The third-order valence-corrected chi connectivity index (χ3v) is 2.03. The van der Waals surface area contributed by atoms with Crippen molar-refractivity contribution in [2.45, 2.75) is 4.90 Å². The summed E-state index contributed by atoms with van der Waals surface area (Å²) in [5, 5.41) is 4.83. The van der Waals surface area contributed by atoms with Crippen molar-refractivity contribution >= 4 is 10.0 Å². The molecule has 0 saturated carbocycles. The van der Waals surface area contributed by atoms with Gasteiger partial charge >= 0.3 is 0 Å². The number of nitrogens with two attached hydrogens (primary N) is 1. The normalized spacial score (nSPS) is 11.8. The Morgan fingerprint density at radius 1 is 1.60 bits per heavy atom. The van der Waals surface area contributed by atoms with E-state index >= 15 is 0 Å². The molecule has 0 aliphatic rings. The number of aryl methyl sites for hydroxylation is 1. The van der Waals surface area contributed by atoms with E-state index < -0.39 is 10.0 Å². The SMILES string of the molecule is Cn1ccc(S(N)(=O)=O)c1. The zero-order valence-corrected chi connectivity index (χ0v) is 6.30. The molecule has 1 rings (SSSR count). The van der Waals surface area contributed by atoms with Crippen molar-refractivity contribution in [2.24, 2.45) is 12.2 Å². The van der Waals surface area contributed by atoms with Crippen molar-refractivity contribution in [3.05, 3.63) is 18.5 Å². The summed E-state index contributed by atoms with van der Waals surface area (Å²) >= 11 is 0. The quantitative estimate of drug-likeness (QED) is 0.611. The minimum absolute atomic E-state index is 0.148. The second-order valence-corrected chi connectivity index (χ2v) is 3.62. The fourth-order valence-corrected chi connectivity index (χ4v) is 1.21. The molecule has 4 nitrogen and oxygen atoms in total. The van der Waals surface area contributed by atoms with E-state index in [0.29, 0.717) is 0 Å². The Hall–Kier alpha value is -0.810. The van der Waals surface area contributed by atoms with E-state index in [2.05, 4.69) is 0 Å². The maximum Gasteiger partial charge on any atom is 0.239 e. The van der Waals surface area contributed by atoms with Gasteiger partial charge in [-0.2, -0.15) is 0 Å². The van der Waals surface area contributed by atoms with Gasteiger partial charge in [-0.25, -0.2) is 13.6 Å². The summed E-state index contributed by atoms with van der Waals surface area (Å²) in [4.78, 5) is 0.148. The van der Waals surface area contributed by atoms with Crippen LogP contribution in [0.5, 0.6) is 0 Å². The van der Waals surface area contributed by atoms with Gasteiger partial charge in [-0.3, -0.25) is 0 Å². The third-order valence-electron chi connectivity index (χ3n) is 1.13. The van der Waals surface area contributed by atoms with Crippen molar-refractivity contribution in [1.29, 1.82) is 0 Å². The van der Waals surface area contributed by atoms with Crippen molar-refractivity contribution in [2.75, 3.05) is 0 Å². The van der Waals surface area contributed by atoms with E-state index in [1.165, 1.54) is 12.3 Å². The molecule has 0 radical (unpaired) electrons. The molecule has 0 aromatic carbocycles. The summed E-state index contributed by atoms with van der Waals surface area (Å²) in [6.45, 7) is 0. The standard InChI is InChI=1S/C5H8N2O2S/c1-7-3-2-5(4-7)10(6,8)9/h2-4H,1H3,(H2,6,8,9). The Morgan fingerprint density at radius 2 is 2.20 bits per heavy atom. The predicted molar refractivity (Wildman–Crippen MR) is 36.8 cm³/mol. The number of primary sulfonamides is 1. The fraction of sp³-hybridized carbons (Fsp3) is 0.200. The molecule has 5 heteroatoms. The molecule has 1 heterocycles.